The number of phenols is 1. The Hall–Kier alpha value is -3.19. The van der Waals surface area contributed by atoms with Crippen molar-refractivity contribution in [1.82, 2.24) is 20.2 Å². The maximum atomic E-state index is 13.1. The summed E-state index contributed by atoms with van der Waals surface area (Å²) in [6.45, 7) is 7.43. The van der Waals surface area contributed by atoms with Gasteiger partial charge in [-0.15, -0.1) is 0 Å². The first kappa shape index (κ1) is 22.0. The minimum absolute atomic E-state index is 0.0411. The van der Waals surface area contributed by atoms with Crippen molar-refractivity contribution in [1.29, 1.82) is 0 Å². The van der Waals surface area contributed by atoms with Crippen LogP contribution in [0.15, 0.2) is 66.1 Å². The molecule has 0 radical (unpaired) electrons. The molecule has 1 amide bonds. The number of anilines is 1. The molecule has 1 unspecified atom stereocenters. The van der Waals surface area contributed by atoms with Crippen molar-refractivity contribution in [3.05, 3.63) is 71.7 Å². The lowest BCUT2D eigenvalue weighted by molar-refractivity contribution is -0.126. The number of phenolic OH excluding ortho intramolecular Hbond substituents is 1. The van der Waals surface area contributed by atoms with Crippen LogP contribution in [0.5, 0.6) is 5.75 Å². The number of benzene rings is 1. The lowest BCUT2D eigenvalue weighted by Crippen LogP contribution is -2.51. The number of piperidine rings is 1. The number of carbonyl (C=O) groups excluding carboxylic acids is 1. The molecule has 7 heteroatoms. The van der Waals surface area contributed by atoms with E-state index in [1.165, 1.54) is 0 Å². The number of likely N-dealkylation sites (N-methyl/N-ethyl adjacent to an activating group) is 1. The van der Waals surface area contributed by atoms with Crippen molar-refractivity contribution in [3.63, 3.8) is 0 Å². The topological polar surface area (TPSA) is 81.6 Å². The number of nitrogens with zero attached hydrogens (tertiary/aromatic N) is 4. The SMILES string of the molecule is CCN(CC)C(=O)C1=CC=C(C2(c3cccc(O)c3)CCCNC2)N(c2ncccn2)C1. The first-order chi connectivity index (χ1) is 15.6. The van der Waals surface area contributed by atoms with Gasteiger partial charge in [0.25, 0.3) is 5.91 Å². The Labute approximate surface area is 189 Å². The fourth-order valence-corrected chi connectivity index (χ4v) is 4.78. The number of amides is 1. The minimum atomic E-state index is -0.365. The van der Waals surface area contributed by atoms with Crippen LogP contribution in [0.2, 0.25) is 0 Å². The van der Waals surface area contributed by atoms with Gasteiger partial charge in [0.2, 0.25) is 5.95 Å². The average Bonchev–Trinajstić information content (AvgIpc) is 2.85. The molecule has 1 aromatic carbocycles. The molecule has 0 bridgehead atoms. The van der Waals surface area contributed by atoms with Crippen LogP contribution in [0.4, 0.5) is 5.95 Å². The first-order valence-corrected chi connectivity index (χ1v) is 11.3. The van der Waals surface area contributed by atoms with Gasteiger partial charge in [-0.25, -0.2) is 9.97 Å². The predicted octanol–water partition coefficient (Wildman–Crippen LogP) is 3.00. The van der Waals surface area contributed by atoms with Crippen LogP contribution in [-0.2, 0) is 10.2 Å². The van der Waals surface area contributed by atoms with E-state index in [1.807, 2.05) is 43.0 Å². The average molecular weight is 434 g/mol. The highest BCUT2D eigenvalue weighted by molar-refractivity contribution is 5.95. The van der Waals surface area contributed by atoms with Crippen LogP contribution in [0.25, 0.3) is 0 Å². The highest BCUT2D eigenvalue weighted by atomic mass is 16.3. The highest BCUT2D eigenvalue weighted by Gasteiger charge is 2.42. The molecule has 168 valence electrons. The molecule has 1 fully saturated rings. The van der Waals surface area contributed by atoms with E-state index < -0.39 is 0 Å². The Morgan fingerprint density at radius 1 is 1.19 bits per heavy atom. The zero-order chi connectivity index (χ0) is 22.6. The summed E-state index contributed by atoms with van der Waals surface area (Å²) in [5.41, 5.74) is 2.44. The van der Waals surface area contributed by atoms with E-state index in [0.717, 1.165) is 42.8 Å². The molecule has 2 aliphatic heterocycles. The Morgan fingerprint density at radius 3 is 2.62 bits per heavy atom. The molecule has 3 heterocycles. The summed E-state index contributed by atoms with van der Waals surface area (Å²) in [4.78, 5) is 26.1. The fraction of sp³-hybridized carbons (Fsp3) is 0.400. The number of aromatic hydroxyl groups is 1. The Morgan fingerprint density at radius 2 is 1.97 bits per heavy atom. The molecule has 32 heavy (non-hydrogen) atoms. The molecular formula is C25H31N5O2. The monoisotopic (exact) mass is 433 g/mol. The Kier molecular flexibility index (Phi) is 6.55. The van der Waals surface area contributed by atoms with E-state index in [2.05, 4.69) is 26.3 Å². The summed E-state index contributed by atoms with van der Waals surface area (Å²) in [5, 5.41) is 13.8. The van der Waals surface area contributed by atoms with Gasteiger partial charge >= 0.3 is 0 Å². The van der Waals surface area contributed by atoms with Crippen LogP contribution in [0.3, 0.4) is 0 Å². The van der Waals surface area contributed by atoms with E-state index in [1.54, 1.807) is 24.5 Å². The van der Waals surface area contributed by atoms with Crippen molar-refractivity contribution in [3.8, 4) is 5.75 Å². The number of rotatable bonds is 6. The van der Waals surface area contributed by atoms with E-state index >= 15 is 0 Å². The lowest BCUT2D eigenvalue weighted by atomic mass is 9.70. The summed E-state index contributed by atoms with van der Waals surface area (Å²) in [6, 6.07) is 9.29. The van der Waals surface area contributed by atoms with Gasteiger partial charge in [-0.3, -0.25) is 4.79 Å². The Balaban J connectivity index is 1.84. The normalized spacial score (nSPS) is 21.0. The molecule has 2 N–H and O–H groups in total. The Bertz CT molecular complexity index is 1010. The molecule has 2 aromatic rings. The van der Waals surface area contributed by atoms with Crippen molar-refractivity contribution >= 4 is 11.9 Å². The van der Waals surface area contributed by atoms with Gasteiger partial charge in [-0.1, -0.05) is 12.1 Å². The van der Waals surface area contributed by atoms with Gasteiger partial charge in [-0.2, -0.15) is 0 Å². The summed E-state index contributed by atoms with van der Waals surface area (Å²) in [5.74, 6) is 0.862. The third kappa shape index (κ3) is 4.12. The lowest BCUT2D eigenvalue weighted by Gasteiger charge is -2.45. The molecule has 0 spiro atoms. The number of nitrogens with one attached hydrogen (secondary N) is 1. The third-order valence-electron chi connectivity index (χ3n) is 6.45. The van der Waals surface area contributed by atoms with Gasteiger partial charge < -0.3 is 20.2 Å². The van der Waals surface area contributed by atoms with E-state index in [9.17, 15) is 9.90 Å². The summed E-state index contributed by atoms with van der Waals surface area (Å²) in [6.07, 6.45) is 9.38. The van der Waals surface area contributed by atoms with Crippen molar-refractivity contribution in [2.45, 2.75) is 32.1 Å². The number of hydrogen-bond acceptors (Lipinski definition) is 6. The van der Waals surface area contributed by atoms with Crippen molar-refractivity contribution in [2.75, 3.05) is 37.6 Å². The molecule has 1 saturated heterocycles. The van der Waals surface area contributed by atoms with Gasteiger partial charge in [0.05, 0.1) is 6.54 Å². The molecular weight excluding hydrogens is 402 g/mol. The summed E-state index contributed by atoms with van der Waals surface area (Å²) >= 11 is 0. The maximum Gasteiger partial charge on any atom is 0.251 e. The number of aromatic nitrogens is 2. The maximum absolute atomic E-state index is 13.1. The number of carbonyl (C=O) groups is 1. The molecule has 0 aliphatic carbocycles. The number of hydrogen-bond donors (Lipinski definition) is 2. The molecule has 2 aliphatic rings. The predicted molar refractivity (Wildman–Crippen MR) is 125 cm³/mol. The largest absolute Gasteiger partial charge is 0.508 e. The van der Waals surface area contributed by atoms with Gasteiger partial charge in [-0.05, 0) is 69.1 Å². The first-order valence-electron chi connectivity index (χ1n) is 11.3. The second-order valence-corrected chi connectivity index (χ2v) is 8.27. The van der Waals surface area contributed by atoms with Crippen LogP contribution >= 0.6 is 0 Å². The van der Waals surface area contributed by atoms with Crippen LogP contribution in [0.1, 0.15) is 32.3 Å². The number of allylic oxidation sites excluding steroid dienone is 2. The van der Waals surface area contributed by atoms with E-state index in [-0.39, 0.29) is 17.1 Å². The van der Waals surface area contributed by atoms with E-state index in [0.29, 0.717) is 25.6 Å². The molecule has 7 nitrogen and oxygen atoms in total. The molecule has 0 saturated carbocycles. The fourth-order valence-electron chi connectivity index (χ4n) is 4.78. The van der Waals surface area contributed by atoms with Gasteiger partial charge in [0.1, 0.15) is 5.75 Å². The second kappa shape index (κ2) is 9.53. The van der Waals surface area contributed by atoms with Gasteiger partial charge in [0, 0.05) is 48.7 Å². The smallest absolute Gasteiger partial charge is 0.251 e. The quantitative estimate of drug-likeness (QED) is 0.729. The highest BCUT2D eigenvalue weighted by Crippen LogP contribution is 2.43. The standard InChI is InChI=1S/C25H31N5O2/c1-3-29(4-2)23(32)19-10-11-22(30(17-19)24-27-14-7-15-28-24)25(12-6-13-26-18-25)20-8-5-9-21(31)16-20/h5,7-11,14-16,26,31H,3-4,6,12-13,17-18H2,1-2H3. The minimum Gasteiger partial charge on any atom is -0.508 e. The molecule has 1 aromatic heterocycles. The molecule has 1 atom stereocenters. The van der Waals surface area contributed by atoms with Crippen molar-refractivity contribution < 1.29 is 9.90 Å². The molecule has 4 rings (SSSR count). The van der Waals surface area contributed by atoms with Gasteiger partial charge in [0.15, 0.2) is 0 Å². The van der Waals surface area contributed by atoms with Crippen LogP contribution < -0.4 is 10.2 Å². The van der Waals surface area contributed by atoms with Crippen LogP contribution in [0, 0.1) is 0 Å². The van der Waals surface area contributed by atoms with Crippen molar-refractivity contribution in [2.24, 2.45) is 0 Å². The second-order valence-electron chi connectivity index (χ2n) is 8.27. The zero-order valence-electron chi connectivity index (χ0n) is 18.8. The zero-order valence-corrected chi connectivity index (χ0v) is 18.8. The summed E-state index contributed by atoms with van der Waals surface area (Å²) < 4.78 is 0. The summed E-state index contributed by atoms with van der Waals surface area (Å²) in [7, 11) is 0. The van der Waals surface area contributed by atoms with Crippen LogP contribution in [-0.4, -0.2) is 58.6 Å². The van der Waals surface area contributed by atoms with E-state index in [4.69, 9.17) is 0 Å². The third-order valence-corrected chi connectivity index (χ3v) is 6.45.